The highest BCUT2D eigenvalue weighted by molar-refractivity contribution is 5.76. The van der Waals surface area contributed by atoms with Crippen LogP contribution in [0.25, 0.3) is 0 Å². The fourth-order valence-electron chi connectivity index (χ4n) is 11.3. The Balaban J connectivity index is 1.70. The number of hydrogen-bond donors (Lipinski definition) is 9. The highest BCUT2D eigenvalue weighted by Crippen LogP contribution is 2.30. The molecule has 458 valence electrons. The molecule has 12 unspecified atom stereocenters. The van der Waals surface area contributed by atoms with Crippen LogP contribution in [0.5, 0.6) is 0 Å². The van der Waals surface area contributed by atoms with Crippen molar-refractivity contribution in [1.29, 1.82) is 0 Å². The Kier molecular flexibility index (Phi) is 46.4. The Hall–Kier alpha value is -1.01. The minimum atomic E-state index is -1.78. The number of aliphatic hydroxyl groups is 8. The molecule has 0 aromatic rings. The Labute approximate surface area is 470 Å². The summed E-state index contributed by atoms with van der Waals surface area (Å²) in [6, 6.07) is -0.823. The molecule has 0 aliphatic carbocycles. The topological polar surface area (TPSA) is 228 Å². The van der Waals surface area contributed by atoms with Crippen LogP contribution in [0.15, 0.2) is 0 Å². The van der Waals surface area contributed by atoms with Crippen LogP contribution >= 0.6 is 0 Å². The van der Waals surface area contributed by atoms with Crippen molar-refractivity contribution in [2.24, 2.45) is 0 Å². The zero-order valence-corrected chi connectivity index (χ0v) is 49.5. The van der Waals surface area contributed by atoms with Gasteiger partial charge in [-0.2, -0.15) is 0 Å². The SMILES string of the molecule is CCCCCCCCCCCCCCCCCCCCCCCCC(=O)NC(COC1OC(CO)C(OC2OC(CO)C(O)C(O)C2O)C(O)C1O)C(O)CCCCCCCCCCCCCCCCCCCCCCC. The second-order valence-corrected chi connectivity index (χ2v) is 23.6. The van der Waals surface area contributed by atoms with Crippen molar-refractivity contribution in [3.05, 3.63) is 0 Å². The Morgan fingerprint density at radius 3 is 1.10 bits per heavy atom. The molecular weight excluding hydrogens is 979 g/mol. The van der Waals surface area contributed by atoms with Gasteiger partial charge in [-0.3, -0.25) is 4.79 Å². The van der Waals surface area contributed by atoms with Gasteiger partial charge in [-0.1, -0.05) is 284 Å². The fourth-order valence-corrected chi connectivity index (χ4v) is 11.3. The van der Waals surface area contributed by atoms with E-state index in [1.165, 1.54) is 225 Å². The van der Waals surface area contributed by atoms with E-state index in [0.29, 0.717) is 12.8 Å². The van der Waals surface area contributed by atoms with Gasteiger partial charge in [-0.25, -0.2) is 0 Å². The fraction of sp³-hybridized carbons (Fsp3) is 0.984. The van der Waals surface area contributed by atoms with E-state index in [0.717, 1.165) is 51.4 Å². The van der Waals surface area contributed by atoms with Crippen molar-refractivity contribution in [2.45, 2.75) is 376 Å². The molecule has 2 heterocycles. The third-order valence-corrected chi connectivity index (χ3v) is 16.6. The second kappa shape index (κ2) is 49.6. The summed E-state index contributed by atoms with van der Waals surface area (Å²) in [6.07, 6.45) is 39.6. The standard InChI is InChI=1S/C63H123NO13/c1-3-5-7-9-11-13-15-17-19-21-23-25-27-29-31-33-35-37-39-41-43-45-47-55(68)64-51(52(67)46-44-42-40-38-36-34-32-30-28-26-24-22-20-18-16-14-12-10-8-6-4-2)50-74-62-60(73)58(71)61(54(49-66)76-62)77-63-59(72)57(70)56(69)53(48-65)75-63/h51-54,56-63,65-67,69-73H,3-50H2,1-2H3,(H,64,68). The molecule has 0 bridgehead atoms. The summed E-state index contributed by atoms with van der Waals surface area (Å²) in [5.41, 5.74) is 0. The lowest BCUT2D eigenvalue weighted by molar-refractivity contribution is -0.359. The van der Waals surface area contributed by atoms with E-state index in [9.17, 15) is 45.6 Å². The van der Waals surface area contributed by atoms with Crippen molar-refractivity contribution >= 4 is 5.91 Å². The molecule has 2 aliphatic rings. The number of nitrogens with one attached hydrogen (secondary N) is 1. The van der Waals surface area contributed by atoms with Crippen LogP contribution in [-0.4, -0.2) is 140 Å². The van der Waals surface area contributed by atoms with Crippen molar-refractivity contribution in [3.8, 4) is 0 Å². The quantitative estimate of drug-likeness (QED) is 0.0259. The molecule has 0 radical (unpaired) electrons. The van der Waals surface area contributed by atoms with Gasteiger partial charge in [0.1, 0.15) is 48.8 Å². The smallest absolute Gasteiger partial charge is 0.220 e. The lowest BCUT2D eigenvalue weighted by atomic mass is 9.97. The molecule has 14 heteroatoms. The first-order chi connectivity index (χ1) is 37.6. The predicted octanol–water partition coefficient (Wildman–Crippen LogP) is 12.1. The van der Waals surface area contributed by atoms with Gasteiger partial charge in [-0.05, 0) is 12.8 Å². The van der Waals surface area contributed by atoms with E-state index in [4.69, 9.17) is 18.9 Å². The summed E-state index contributed by atoms with van der Waals surface area (Å²) >= 11 is 0. The molecule has 77 heavy (non-hydrogen) atoms. The van der Waals surface area contributed by atoms with Crippen LogP contribution in [0.4, 0.5) is 0 Å². The molecule has 0 aromatic heterocycles. The van der Waals surface area contributed by atoms with Crippen molar-refractivity contribution in [2.75, 3.05) is 19.8 Å². The van der Waals surface area contributed by atoms with Crippen LogP contribution in [-0.2, 0) is 23.7 Å². The molecule has 0 saturated carbocycles. The van der Waals surface area contributed by atoms with Crippen LogP contribution < -0.4 is 5.32 Å². The number of amides is 1. The van der Waals surface area contributed by atoms with Gasteiger partial charge in [0.2, 0.25) is 5.91 Å². The average Bonchev–Trinajstić information content (AvgIpc) is 3.44. The summed E-state index contributed by atoms with van der Waals surface area (Å²) in [4.78, 5) is 13.3. The van der Waals surface area contributed by atoms with E-state index in [1.807, 2.05) is 0 Å². The number of carbonyl (C=O) groups excluding carboxylic acids is 1. The molecular formula is C63H123NO13. The molecule has 1 amide bonds. The Morgan fingerprint density at radius 2 is 0.740 bits per heavy atom. The molecule has 12 atom stereocenters. The second-order valence-electron chi connectivity index (χ2n) is 23.6. The van der Waals surface area contributed by atoms with Crippen LogP contribution in [0.3, 0.4) is 0 Å². The number of carbonyl (C=O) groups is 1. The van der Waals surface area contributed by atoms with Gasteiger partial charge < -0.3 is 65.1 Å². The Bertz CT molecular complexity index is 1300. The summed E-state index contributed by atoms with van der Waals surface area (Å²) in [5.74, 6) is -0.198. The normalized spacial score (nSPS) is 24.6. The van der Waals surface area contributed by atoms with E-state index in [2.05, 4.69) is 19.2 Å². The lowest BCUT2D eigenvalue weighted by Crippen LogP contribution is -2.65. The third kappa shape index (κ3) is 34.9. The first kappa shape index (κ1) is 72.1. The third-order valence-electron chi connectivity index (χ3n) is 16.6. The van der Waals surface area contributed by atoms with Gasteiger partial charge in [-0.15, -0.1) is 0 Å². The largest absolute Gasteiger partial charge is 0.394 e. The average molecular weight is 1100 g/mol. The summed E-state index contributed by atoms with van der Waals surface area (Å²) in [7, 11) is 0. The lowest BCUT2D eigenvalue weighted by Gasteiger charge is -2.46. The maximum Gasteiger partial charge on any atom is 0.220 e. The molecule has 9 N–H and O–H groups in total. The predicted molar refractivity (Wildman–Crippen MR) is 309 cm³/mol. The zero-order valence-electron chi connectivity index (χ0n) is 49.5. The molecule has 2 rings (SSSR count). The number of ether oxygens (including phenoxy) is 4. The van der Waals surface area contributed by atoms with Crippen LogP contribution in [0.1, 0.15) is 303 Å². The van der Waals surface area contributed by atoms with Crippen LogP contribution in [0, 0.1) is 0 Å². The number of aliphatic hydroxyl groups excluding tert-OH is 8. The number of hydrogen-bond acceptors (Lipinski definition) is 13. The first-order valence-electron chi connectivity index (χ1n) is 32.8. The van der Waals surface area contributed by atoms with Crippen LogP contribution in [0.2, 0.25) is 0 Å². The molecule has 14 nitrogen and oxygen atoms in total. The van der Waals surface area contributed by atoms with E-state index in [-0.39, 0.29) is 12.5 Å². The summed E-state index contributed by atoms with van der Waals surface area (Å²) in [5, 5.41) is 87.5. The van der Waals surface area contributed by atoms with Gasteiger partial charge in [0, 0.05) is 6.42 Å². The minimum absolute atomic E-state index is 0.198. The molecule has 0 aromatic carbocycles. The highest BCUT2D eigenvalue weighted by Gasteiger charge is 2.51. The van der Waals surface area contributed by atoms with Crippen molar-refractivity contribution in [3.63, 3.8) is 0 Å². The van der Waals surface area contributed by atoms with E-state index in [1.54, 1.807) is 0 Å². The van der Waals surface area contributed by atoms with Gasteiger partial charge in [0.05, 0.1) is 32.0 Å². The first-order valence-corrected chi connectivity index (χ1v) is 32.8. The highest BCUT2D eigenvalue weighted by atomic mass is 16.7. The van der Waals surface area contributed by atoms with E-state index >= 15 is 0 Å². The zero-order chi connectivity index (χ0) is 56.0. The van der Waals surface area contributed by atoms with Gasteiger partial charge >= 0.3 is 0 Å². The molecule has 2 aliphatic heterocycles. The molecule has 2 saturated heterocycles. The number of rotatable bonds is 54. The van der Waals surface area contributed by atoms with Gasteiger partial charge in [0.15, 0.2) is 12.6 Å². The minimum Gasteiger partial charge on any atom is -0.394 e. The molecule has 2 fully saturated rings. The maximum atomic E-state index is 13.3. The maximum absolute atomic E-state index is 13.3. The number of unbranched alkanes of at least 4 members (excludes halogenated alkanes) is 41. The van der Waals surface area contributed by atoms with Crippen molar-refractivity contribution in [1.82, 2.24) is 5.32 Å². The van der Waals surface area contributed by atoms with Crippen molar-refractivity contribution < 1.29 is 64.6 Å². The van der Waals surface area contributed by atoms with Gasteiger partial charge in [0.25, 0.3) is 0 Å². The summed E-state index contributed by atoms with van der Waals surface area (Å²) in [6.45, 7) is 2.92. The summed E-state index contributed by atoms with van der Waals surface area (Å²) < 4.78 is 22.9. The monoisotopic (exact) mass is 1100 g/mol. The van der Waals surface area contributed by atoms with E-state index < -0.39 is 86.8 Å². The molecule has 0 spiro atoms. The Morgan fingerprint density at radius 1 is 0.416 bits per heavy atom.